The zero-order chi connectivity index (χ0) is 23.7. The van der Waals surface area contributed by atoms with E-state index >= 15 is 0 Å². The van der Waals surface area contributed by atoms with Crippen LogP contribution in [0.5, 0.6) is 5.75 Å². The molecule has 0 unspecified atom stereocenters. The first-order valence-corrected chi connectivity index (χ1v) is 10.8. The van der Waals surface area contributed by atoms with Gasteiger partial charge in [0.1, 0.15) is 11.6 Å². The van der Waals surface area contributed by atoms with Crippen molar-refractivity contribution in [2.24, 2.45) is 12.8 Å². The Balaban J connectivity index is 1.90. The molecule has 1 aliphatic heterocycles. The molecule has 2 N–H and O–H groups in total. The van der Waals surface area contributed by atoms with Crippen molar-refractivity contribution in [3.63, 3.8) is 0 Å². The van der Waals surface area contributed by atoms with Crippen LogP contribution >= 0.6 is 0 Å². The molecule has 0 amide bonds. The molecule has 3 heterocycles. The maximum atomic E-state index is 14.6. The Morgan fingerprint density at radius 1 is 1.30 bits per heavy atom. The molecule has 4 rings (SSSR count). The van der Waals surface area contributed by atoms with Crippen molar-refractivity contribution in [2.75, 3.05) is 25.1 Å². The molecule has 0 radical (unpaired) electrons. The number of hydrogen-bond acceptors (Lipinski definition) is 6. The van der Waals surface area contributed by atoms with Crippen LogP contribution in [0.1, 0.15) is 25.3 Å². The highest BCUT2D eigenvalue weighted by Gasteiger charge is 2.26. The van der Waals surface area contributed by atoms with Gasteiger partial charge in [-0.1, -0.05) is 12.0 Å². The number of piperidine rings is 1. The minimum absolute atomic E-state index is 0.00259. The number of aryl methyl sites for hydroxylation is 1. The van der Waals surface area contributed by atoms with Crippen LogP contribution in [0.2, 0.25) is 0 Å². The van der Waals surface area contributed by atoms with Gasteiger partial charge in [-0.3, -0.25) is 18.5 Å². The lowest BCUT2D eigenvalue weighted by Crippen LogP contribution is -2.44. The highest BCUT2D eigenvalue weighted by molar-refractivity contribution is 5.75. The van der Waals surface area contributed by atoms with Crippen molar-refractivity contribution in [3.8, 4) is 17.6 Å². The van der Waals surface area contributed by atoms with Gasteiger partial charge in [-0.15, -0.1) is 5.92 Å². The Labute approximate surface area is 190 Å². The quantitative estimate of drug-likeness (QED) is 0.579. The number of imidazole rings is 1. The van der Waals surface area contributed by atoms with Crippen molar-refractivity contribution in [2.45, 2.75) is 38.9 Å². The highest BCUT2D eigenvalue weighted by atomic mass is 19.1. The second-order valence-corrected chi connectivity index (χ2v) is 8.14. The van der Waals surface area contributed by atoms with Crippen LogP contribution < -0.4 is 26.6 Å². The van der Waals surface area contributed by atoms with Crippen LogP contribution in [-0.2, 0) is 20.1 Å². The zero-order valence-electron chi connectivity index (χ0n) is 19.0. The molecule has 1 aliphatic rings. The molecule has 0 spiro atoms. The first-order chi connectivity index (χ1) is 15.8. The third-order valence-corrected chi connectivity index (χ3v) is 5.96. The first-order valence-electron chi connectivity index (χ1n) is 10.8. The van der Waals surface area contributed by atoms with Gasteiger partial charge in [-0.2, -0.15) is 4.98 Å². The molecule has 1 fully saturated rings. The molecule has 0 saturated carbocycles. The van der Waals surface area contributed by atoms with Crippen molar-refractivity contribution in [3.05, 3.63) is 50.4 Å². The van der Waals surface area contributed by atoms with Gasteiger partial charge in [-0.05, 0) is 25.8 Å². The minimum atomic E-state index is -0.573. The Bertz CT molecular complexity index is 1380. The van der Waals surface area contributed by atoms with Crippen molar-refractivity contribution in [1.82, 2.24) is 18.7 Å². The number of nitrogens with two attached hydrogens (primary N) is 1. The summed E-state index contributed by atoms with van der Waals surface area (Å²) in [6.45, 7) is 3.08. The topological polar surface area (TPSA) is 100 Å². The fourth-order valence-corrected chi connectivity index (χ4v) is 4.19. The summed E-state index contributed by atoms with van der Waals surface area (Å²) in [5.41, 5.74) is 5.77. The maximum Gasteiger partial charge on any atom is 0.332 e. The van der Waals surface area contributed by atoms with Gasteiger partial charge in [0.2, 0.25) is 5.95 Å². The molecule has 9 nitrogen and oxygen atoms in total. The van der Waals surface area contributed by atoms with Crippen LogP contribution in [0.25, 0.3) is 11.2 Å². The molecule has 1 atom stereocenters. The zero-order valence-corrected chi connectivity index (χ0v) is 19.0. The predicted molar refractivity (Wildman–Crippen MR) is 124 cm³/mol. The molecular formula is C23H27FN6O3. The third kappa shape index (κ3) is 4.12. The Morgan fingerprint density at radius 3 is 2.76 bits per heavy atom. The number of nitrogens with zero attached hydrogens (tertiary/aromatic N) is 5. The Morgan fingerprint density at radius 2 is 2.09 bits per heavy atom. The molecule has 10 heteroatoms. The van der Waals surface area contributed by atoms with Crippen LogP contribution in [0.15, 0.2) is 27.8 Å². The number of hydrogen-bond donors (Lipinski definition) is 1. The standard InChI is InChI=1S/C23H27FN6O3/c1-4-5-11-29-19-20(26-22(29)28-10-6-7-16(25)14-28)27(2)23(32)30(21(19)31)13-15-8-9-17(33-3)12-18(15)24/h8-9,12,16H,6-7,10-11,13-14,25H2,1-3H3/t16-/m1/s1. The van der Waals surface area contributed by atoms with Gasteiger partial charge in [-0.25, -0.2) is 9.18 Å². The predicted octanol–water partition coefficient (Wildman–Crippen LogP) is 1.04. The van der Waals surface area contributed by atoms with E-state index in [4.69, 9.17) is 10.5 Å². The average molecular weight is 455 g/mol. The van der Waals surface area contributed by atoms with Gasteiger partial charge in [0.15, 0.2) is 11.2 Å². The summed E-state index contributed by atoms with van der Waals surface area (Å²) in [6, 6.07) is 4.32. The van der Waals surface area contributed by atoms with E-state index in [1.165, 1.54) is 23.8 Å². The number of methoxy groups -OCH3 is 1. The Hall–Kier alpha value is -3.58. The summed E-state index contributed by atoms with van der Waals surface area (Å²) in [4.78, 5) is 33.3. The monoisotopic (exact) mass is 454 g/mol. The number of ether oxygens (including phenoxy) is 1. The van der Waals surface area contributed by atoms with E-state index in [-0.39, 0.29) is 35.9 Å². The number of halogens is 1. The van der Waals surface area contributed by atoms with Gasteiger partial charge in [0.05, 0.1) is 20.2 Å². The first kappa shape index (κ1) is 22.6. The summed E-state index contributed by atoms with van der Waals surface area (Å²) in [5, 5.41) is 0. The van der Waals surface area contributed by atoms with Gasteiger partial charge in [0.25, 0.3) is 5.56 Å². The SMILES string of the molecule is CC#CCn1c(N2CCC[C@@H](N)C2)nc2c1c(=O)n(Cc1ccc(OC)cc1F)c(=O)n2C. The van der Waals surface area contributed by atoms with Gasteiger partial charge >= 0.3 is 5.69 Å². The summed E-state index contributed by atoms with van der Waals surface area (Å²) in [6.07, 6.45) is 1.83. The van der Waals surface area contributed by atoms with E-state index in [0.29, 0.717) is 18.2 Å². The van der Waals surface area contributed by atoms with E-state index in [1.807, 2.05) is 4.90 Å². The van der Waals surface area contributed by atoms with Crippen molar-refractivity contribution >= 4 is 17.1 Å². The molecule has 174 valence electrons. The lowest BCUT2D eigenvalue weighted by molar-refractivity contribution is 0.410. The van der Waals surface area contributed by atoms with Gasteiger partial charge < -0.3 is 15.4 Å². The highest BCUT2D eigenvalue weighted by Crippen LogP contribution is 2.23. The summed E-state index contributed by atoms with van der Waals surface area (Å²) >= 11 is 0. The van der Waals surface area contributed by atoms with E-state index < -0.39 is 17.1 Å². The van der Waals surface area contributed by atoms with Crippen LogP contribution in [-0.4, -0.2) is 44.9 Å². The molecule has 3 aromatic rings. The summed E-state index contributed by atoms with van der Waals surface area (Å²) in [7, 11) is 3.00. The number of aromatic nitrogens is 4. The number of anilines is 1. The normalized spacial score (nSPS) is 16.0. The van der Waals surface area contributed by atoms with E-state index in [0.717, 1.165) is 24.0 Å². The fraction of sp³-hybridized carbons (Fsp3) is 0.435. The minimum Gasteiger partial charge on any atom is -0.497 e. The van der Waals surface area contributed by atoms with E-state index in [1.54, 1.807) is 24.6 Å². The molecule has 1 aromatic carbocycles. The largest absolute Gasteiger partial charge is 0.497 e. The van der Waals surface area contributed by atoms with Crippen molar-refractivity contribution < 1.29 is 9.13 Å². The lowest BCUT2D eigenvalue weighted by Gasteiger charge is -2.31. The number of fused-ring (bicyclic) bond motifs is 1. The smallest absolute Gasteiger partial charge is 0.332 e. The lowest BCUT2D eigenvalue weighted by atomic mass is 10.1. The fourth-order valence-electron chi connectivity index (χ4n) is 4.19. The molecular weight excluding hydrogens is 427 g/mol. The van der Waals surface area contributed by atoms with Crippen molar-refractivity contribution in [1.29, 1.82) is 0 Å². The molecule has 0 aliphatic carbocycles. The second kappa shape index (κ2) is 9.11. The average Bonchev–Trinajstić information content (AvgIpc) is 3.19. The van der Waals surface area contributed by atoms with Crippen LogP contribution in [0.4, 0.5) is 10.3 Å². The second-order valence-electron chi connectivity index (χ2n) is 8.14. The van der Waals surface area contributed by atoms with Crippen LogP contribution in [0.3, 0.4) is 0 Å². The number of benzene rings is 1. The summed E-state index contributed by atoms with van der Waals surface area (Å²) < 4.78 is 23.7. The molecule has 33 heavy (non-hydrogen) atoms. The summed E-state index contributed by atoms with van der Waals surface area (Å²) in [5.74, 6) is 6.19. The number of rotatable bonds is 5. The Kier molecular flexibility index (Phi) is 6.24. The third-order valence-electron chi connectivity index (χ3n) is 5.96. The molecule has 2 aromatic heterocycles. The van der Waals surface area contributed by atoms with E-state index in [9.17, 15) is 14.0 Å². The van der Waals surface area contributed by atoms with E-state index in [2.05, 4.69) is 16.8 Å². The molecule has 1 saturated heterocycles. The maximum absolute atomic E-state index is 14.6. The van der Waals surface area contributed by atoms with Gasteiger partial charge in [0, 0.05) is 37.8 Å². The molecule has 0 bridgehead atoms. The van der Waals surface area contributed by atoms with Crippen LogP contribution in [0, 0.1) is 17.7 Å².